The Bertz CT molecular complexity index is 426. The van der Waals surface area contributed by atoms with Crippen molar-refractivity contribution < 1.29 is 0 Å². The van der Waals surface area contributed by atoms with Crippen LogP contribution in [0.5, 0.6) is 0 Å². The summed E-state index contributed by atoms with van der Waals surface area (Å²) >= 11 is 1.74. The van der Waals surface area contributed by atoms with Crippen LogP contribution in [-0.4, -0.2) is 19.0 Å². The molecule has 21 heavy (non-hydrogen) atoms. The first-order valence-corrected chi connectivity index (χ1v) is 8.84. The molecule has 0 spiro atoms. The molecule has 1 aromatic rings. The van der Waals surface area contributed by atoms with Crippen LogP contribution in [0.3, 0.4) is 0 Å². The summed E-state index contributed by atoms with van der Waals surface area (Å²) < 4.78 is 0. The molecule has 5 heteroatoms. The first kappa shape index (κ1) is 17.1. The minimum absolute atomic E-state index is 0. The second kappa shape index (κ2) is 8.36. The van der Waals surface area contributed by atoms with E-state index in [0.29, 0.717) is 0 Å². The van der Waals surface area contributed by atoms with Crippen LogP contribution in [0.15, 0.2) is 21.8 Å². The summed E-state index contributed by atoms with van der Waals surface area (Å²) in [4.78, 5) is 4.69. The zero-order chi connectivity index (χ0) is 13.8. The molecule has 2 saturated carbocycles. The fraction of sp³-hybridized carbons (Fsp3) is 0.688. The molecule has 0 amide bonds. The van der Waals surface area contributed by atoms with Crippen molar-refractivity contribution in [1.29, 1.82) is 0 Å². The van der Waals surface area contributed by atoms with Crippen molar-refractivity contribution in [3.63, 3.8) is 0 Å². The largest absolute Gasteiger partial charge is 0.357 e. The van der Waals surface area contributed by atoms with Gasteiger partial charge in [-0.05, 0) is 72.8 Å². The molecule has 0 aromatic carbocycles. The van der Waals surface area contributed by atoms with Crippen molar-refractivity contribution in [2.24, 2.45) is 22.7 Å². The summed E-state index contributed by atoms with van der Waals surface area (Å²) in [5.74, 6) is 3.86. The number of hydrogen-bond acceptors (Lipinski definition) is 2. The Balaban J connectivity index is 0.00000161. The Kier molecular flexibility index (Phi) is 6.79. The number of hydrogen-bond donors (Lipinski definition) is 2. The van der Waals surface area contributed by atoms with Crippen molar-refractivity contribution >= 4 is 41.3 Å². The first-order valence-electron chi connectivity index (χ1n) is 7.90. The SMILES string of the molecule is CCNC(=NCc1ccsc1)NCC(C1CC1)C1CC1.I. The van der Waals surface area contributed by atoms with E-state index in [1.54, 1.807) is 11.3 Å². The third kappa shape index (κ3) is 5.43. The van der Waals surface area contributed by atoms with Crippen molar-refractivity contribution in [3.05, 3.63) is 22.4 Å². The molecule has 118 valence electrons. The van der Waals surface area contributed by atoms with Gasteiger partial charge in [0.2, 0.25) is 0 Å². The fourth-order valence-electron chi connectivity index (χ4n) is 2.88. The summed E-state index contributed by atoms with van der Waals surface area (Å²) in [7, 11) is 0. The van der Waals surface area contributed by atoms with Crippen LogP contribution in [0.2, 0.25) is 0 Å². The number of nitrogens with one attached hydrogen (secondary N) is 2. The number of halogens is 1. The zero-order valence-corrected chi connectivity index (χ0v) is 15.8. The third-order valence-corrected chi connectivity index (χ3v) is 5.04. The maximum absolute atomic E-state index is 4.69. The molecule has 0 radical (unpaired) electrons. The van der Waals surface area contributed by atoms with Gasteiger partial charge in [-0.3, -0.25) is 0 Å². The highest BCUT2D eigenvalue weighted by molar-refractivity contribution is 14.0. The molecule has 2 aliphatic rings. The molecule has 0 saturated heterocycles. The summed E-state index contributed by atoms with van der Waals surface area (Å²) in [5.41, 5.74) is 1.30. The van der Waals surface area contributed by atoms with Gasteiger partial charge in [0, 0.05) is 13.1 Å². The van der Waals surface area contributed by atoms with Crippen LogP contribution in [0.1, 0.15) is 38.2 Å². The molecule has 2 aliphatic carbocycles. The van der Waals surface area contributed by atoms with E-state index in [1.807, 2.05) is 0 Å². The van der Waals surface area contributed by atoms with Gasteiger partial charge in [-0.2, -0.15) is 11.3 Å². The molecule has 2 N–H and O–H groups in total. The number of thiophene rings is 1. The van der Waals surface area contributed by atoms with E-state index in [-0.39, 0.29) is 24.0 Å². The van der Waals surface area contributed by atoms with Gasteiger partial charge in [0.25, 0.3) is 0 Å². The lowest BCUT2D eigenvalue weighted by Gasteiger charge is -2.18. The third-order valence-electron chi connectivity index (χ3n) is 4.30. The molecular formula is C16H26IN3S. The predicted octanol–water partition coefficient (Wildman–Crippen LogP) is 3.86. The minimum atomic E-state index is 0. The van der Waals surface area contributed by atoms with E-state index in [4.69, 9.17) is 0 Å². The van der Waals surface area contributed by atoms with Crippen LogP contribution >= 0.6 is 35.3 Å². The van der Waals surface area contributed by atoms with Gasteiger partial charge in [-0.15, -0.1) is 24.0 Å². The highest BCUT2D eigenvalue weighted by atomic mass is 127. The molecule has 2 fully saturated rings. The molecule has 0 bridgehead atoms. The second-order valence-corrected chi connectivity index (χ2v) is 6.83. The number of guanidine groups is 1. The van der Waals surface area contributed by atoms with Crippen molar-refractivity contribution in [3.8, 4) is 0 Å². The molecule has 0 atom stereocenters. The summed E-state index contributed by atoms with van der Waals surface area (Å²) in [6.45, 7) is 4.93. The molecule has 0 unspecified atom stereocenters. The lowest BCUT2D eigenvalue weighted by atomic mass is 9.98. The maximum atomic E-state index is 4.69. The lowest BCUT2D eigenvalue weighted by molar-refractivity contribution is 0.400. The Morgan fingerprint density at radius 2 is 2.00 bits per heavy atom. The van der Waals surface area contributed by atoms with E-state index < -0.39 is 0 Å². The Hall–Kier alpha value is -0.300. The van der Waals surface area contributed by atoms with Crippen molar-refractivity contribution in [1.82, 2.24) is 10.6 Å². The van der Waals surface area contributed by atoms with Gasteiger partial charge in [0.15, 0.2) is 5.96 Å². The summed E-state index contributed by atoms with van der Waals surface area (Å²) in [6.07, 6.45) is 5.80. The Morgan fingerprint density at radius 3 is 2.52 bits per heavy atom. The van der Waals surface area contributed by atoms with Gasteiger partial charge >= 0.3 is 0 Å². The lowest BCUT2D eigenvalue weighted by Crippen LogP contribution is -2.40. The average Bonchev–Trinajstić information content (AvgIpc) is 3.38. The zero-order valence-electron chi connectivity index (χ0n) is 12.7. The Morgan fingerprint density at radius 1 is 1.29 bits per heavy atom. The molecule has 1 aromatic heterocycles. The van der Waals surface area contributed by atoms with Gasteiger partial charge in [0.1, 0.15) is 0 Å². The highest BCUT2D eigenvalue weighted by Gasteiger charge is 2.41. The number of rotatable bonds is 7. The van der Waals surface area contributed by atoms with Gasteiger partial charge in [-0.25, -0.2) is 4.99 Å². The molecule has 0 aliphatic heterocycles. The second-order valence-electron chi connectivity index (χ2n) is 6.05. The first-order chi connectivity index (χ1) is 9.86. The number of aliphatic imine (C=N–C) groups is 1. The van der Waals surface area contributed by atoms with Gasteiger partial charge < -0.3 is 10.6 Å². The monoisotopic (exact) mass is 419 g/mol. The maximum Gasteiger partial charge on any atom is 0.191 e. The minimum Gasteiger partial charge on any atom is -0.357 e. The van der Waals surface area contributed by atoms with Crippen LogP contribution in [0.25, 0.3) is 0 Å². The van der Waals surface area contributed by atoms with Crippen molar-refractivity contribution in [2.45, 2.75) is 39.2 Å². The Labute approximate surface area is 149 Å². The van der Waals surface area contributed by atoms with E-state index in [9.17, 15) is 0 Å². The molecule has 3 nitrogen and oxygen atoms in total. The van der Waals surface area contributed by atoms with Crippen LogP contribution in [-0.2, 0) is 6.54 Å². The average molecular weight is 419 g/mol. The quantitative estimate of drug-likeness (QED) is 0.400. The van der Waals surface area contributed by atoms with E-state index in [1.165, 1.54) is 31.2 Å². The summed E-state index contributed by atoms with van der Waals surface area (Å²) in [6, 6.07) is 2.15. The standard InChI is InChI=1S/C16H25N3S.HI/c1-2-17-16(18-9-12-7-8-20-11-12)19-10-15(13-3-4-13)14-5-6-14;/h7-8,11,13-15H,2-6,9-10H2,1H3,(H2,17,18,19);1H. The normalized spacial score (nSPS) is 18.5. The van der Waals surface area contributed by atoms with Gasteiger partial charge in [0.05, 0.1) is 6.54 Å². The van der Waals surface area contributed by atoms with Gasteiger partial charge in [-0.1, -0.05) is 0 Å². The highest BCUT2D eigenvalue weighted by Crippen LogP contribution is 2.48. The van der Waals surface area contributed by atoms with E-state index in [2.05, 4.69) is 39.4 Å². The summed E-state index contributed by atoms with van der Waals surface area (Å²) in [5, 5.41) is 11.2. The fourth-order valence-corrected chi connectivity index (χ4v) is 3.54. The molecular weight excluding hydrogens is 393 g/mol. The smallest absolute Gasteiger partial charge is 0.191 e. The molecule has 1 heterocycles. The van der Waals surface area contributed by atoms with Crippen LogP contribution in [0.4, 0.5) is 0 Å². The van der Waals surface area contributed by atoms with Crippen LogP contribution < -0.4 is 10.6 Å². The molecule has 3 rings (SSSR count). The predicted molar refractivity (Wildman–Crippen MR) is 101 cm³/mol. The van der Waals surface area contributed by atoms with E-state index >= 15 is 0 Å². The van der Waals surface area contributed by atoms with Crippen LogP contribution in [0, 0.1) is 17.8 Å². The number of nitrogens with zero attached hydrogens (tertiary/aromatic N) is 1. The van der Waals surface area contributed by atoms with E-state index in [0.717, 1.165) is 43.3 Å². The topological polar surface area (TPSA) is 36.4 Å². The van der Waals surface area contributed by atoms with Crippen molar-refractivity contribution in [2.75, 3.05) is 13.1 Å².